The summed E-state index contributed by atoms with van der Waals surface area (Å²) in [5.41, 5.74) is -1.60. The molecule has 0 saturated heterocycles. The first kappa shape index (κ1) is 16.5. The molecule has 0 aliphatic heterocycles. The molecule has 0 radical (unpaired) electrons. The predicted molar refractivity (Wildman–Crippen MR) is 77.2 cm³/mol. The van der Waals surface area contributed by atoms with Gasteiger partial charge in [-0.1, -0.05) is 18.2 Å². The van der Waals surface area contributed by atoms with E-state index in [1.807, 2.05) is 0 Å². The number of nitro benzene ring substituents is 1. The van der Waals surface area contributed by atoms with Crippen LogP contribution in [-0.2, 0) is 6.18 Å². The molecule has 1 N–H and O–H groups in total. The Morgan fingerprint density at radius 2 is 1.78 bits per heavy atom. The van der Waals surface area contributed by atoms with Gasteiger partial charge in [0.15, 0.2) is 0 Å². The number of nitrogens with one attached hydrogen (secondary N) is 1. The van der Waals surface area contributed by atoms with Crippen molar-refractivity contribution in [1.29, 1.82) is 0 Å². The molecule has 0 bridgehead atoms. The van der Waals surface area contributed by atoms with Gasteiger partial charge in [0.25, 0.3) is 11.6 Å². The number of nitro groups is 1. The van der Waals surface area contributed by atoms with Crippen molar-refractivity contribution in [2.75, 3.05) is 5.32 Å². The van der Waals surface area contributed by atoms with Crippen LogP contribution >= 0.6 is 0 Å². The Labute approximate surface area is 128 Å². The van der Waals surface area contributed by atoms with Crippen LogP contribution in [0.3, 0.4) is 0 Å². The van der Waals surface area contributed by atoms with Crippen molar-refractivity contribution in [2.24, 2.45) is 0 Å². The van der Waals surface area contributed by atoms with E-state index >= 15 is 0 Å². The minimum Gasteiger partial charge on any atom is -0.321 e. The molecule has 0 fully saturated rings. The van der Waals surface area contributed by atoms with E-state index in [1.165, 1.54) is 37.3 Å². The first-order valence-corrected chi connectivity index (χ1v) is 6.43. The number of hydrogen-bond donors (Lipinski definition) is 1. The van der Waals surface area contributed by atoms with Gasteiger partial charge < -0.3 is 5.32 Å². The van der Waals surface area contributed by atoms with E-state index < -0.39 is 28.1 Å². The van der Waals surface area contributed by atoms with Gasteiger partial charge in [-0.3, -0.25) is 14.9 Å². The van der Waals surface area contributed by atoms with Crippen molar-refractivity contribution in [1.82, 2.24) is 0 Å². The van der Waals surface area contributed by atoms with Crippen molar-refractivity contribution < 1.29 is 22.9 Å². The highest BCUT2D eigenvalue weighted by Crippen LogP contribution is 2.32. The quantitative estimate of drug-likeness (QED) is 0.680. The Hall–Kier alpha value is -2.90. The Bertz CT molecular complexity index is 773. The molecular formula is C15H11F3N2O3. The molecular weight excluding hydrogens is 313 g/mol. The van der Waals surface area contributed by atoms with Crippen LogP contribution in [0.25, 0.3) is 0 Å². The van der Waals surface area contributed by atoms with Crippen molar-refractivity contribution in [3.63, 3.8) is 0 Å². The lowest BCUT2D eigenvalue weighted by atomic mass is 10.1. The van der Waals surface area contributed by atoms with Gasteiger partial charge in [0, 0.05) is 6.07 Å². The number of amides is 1. The van der Waals surface area contributed by atoms with Gasteiger partial charge in [0.1, 0.15) is 0 Å². The molecule has 0 aliphatic rings. The summed E-state index contributed by atoms with van der Waals surface area (Å²) >= 11 is 0. The van der Waals surface area contributed by atoms with Crippen molar-refractivity contribution >= 4 is 17.3 Å². The molecule has 1 amide bonds. The van der Waals surface area contributed by atoms with Crippen molar-refractivity contribution in [3.05, 3.63) is 69.3 Å². The van der Waals surface area contributed by atoms with Crippen molar-refractivity contribution in [3.8, 4) is 0 Å². The van der Waals surface area contributed by atoms with E-state index in [0.29, 0.717) is 0 Å². The monoisotopic (exact) mass is 324 g/mol. The van der Waals surface area contributed by atoms with Gasteiger partial charge in [-0.15, -0.1) is 0 Å². The second-order valence-electron chi connectivity index (χ2n) is 4.70. The number of carbonyl (C=O) groups is 1. The van der Waals surface area contributed by atoms with E-state index in [2.05, 4.69) is 5.32 Å². The molecule has 2 aromatic carbocycles. The summed E-state index contributed by atoms with van der Waals surface area (Å²) in [5, 5.41) is 13.2. The fraction of sp³-hybridized carbons (Fsp3) is 0.133. The van der Waals surface area contributed by atoms with Gasteiger partial charge >= 0.3 is 6.18 Å². The largest absolute Gasteiger partial charge is 0.417 e. The van der Waals surface area contributed by atoms with Crippen LogP contribution in [0.2, 0.25) is 0 Å². The lowest BCUT2D eigenvalue weighted by Gasteiger charge is -2.13. The normalized spacial score (nSPS) is 11.1. The maximum Gasteiger partial charge on any atom is 0.417 e. The fourth-order valence-electron chi connectivity index (χ4n) is 2.07. The predicted octanol–water partition coefficient (Wildman–Crippen LogP) is 4.17. The van der Waals surface area contributed by atoms with E-state index in [-0.39, 0.29) is 16.9 Å². The number of nitrogens with zero attached hydrogens (tertiary/aromatic N) is 1. The summed E-state index contributed by atoms with van der Waals surface area (Å²) in [6, 6.07) is 8.31. The first-order chi connectivity index (χ1) is 10.7. The van der Waals surface area contributed by atoms with E-state index in [4.69, 9.17) is 0 Å². The number of alkyl halides is 3. The highest BCUT2D eigenvalue weighted by molar-refractivity contribution is 6.06. The highest BCUT2D eigenvalue weighted by atomic mass is 19.4. The van der Waals surface area contributed by atoms with Gasteiger partial charge in [-0.25, -0.2) is 0 Å². The third-order valence-corrected chi connectivity index (χ3v) is 3.23. The van der Waals surface area contributed by atoms with E-state index in [0.717, 1.165) is 12.1 Å². The standard InChI is InChI=1S/C15H11F3N2O3/c1-9-12(7-4-8-13(9)20(22)23)19-14(21)10-5-2-3-6-11(10)15(16,17)18/h2-8H,1H3,(H,19,21). The molecule has 2 aromatic rings. The molecule has 23 heavy (non-hydrogen) atoms. The topological polar surface area (TPSA) is 72.2 Å². The summed E-state index contributed by atoms with van der Waals surface area (Å²) in [7, 11) is 0. The molecule has 0 saturated carbocycles. The molecule has 0 atom stereocenters. The summed E-state index contributed by atoms with van der Waals surface area (Å²) in [6.45, 7) is 1.41. The summed E-state index contributed by atoms with van der Waals surface area (Å²) < 4.78 is 38.8. The number of hydrogen-bond acceptors (Lipinski definition) is 3. The van der Waals surface area contributed by atoms with Crippen LogP contribution in [0.1, 0.15) is 21.5 Å². The molecule has 5 nitrogen and oxygen atoms in total. The Morgan fingerprint density at radius 1 is 1.13 bits per heavy atom. The fourth-order valence-corrected chi connectivity index (χ4v) is 2.07. The maximum atomic E-state index is 12.9. The molecule has 0 spiro atoms. The first-order valence-electron chi connectivity index (χ1n) is 6.43. The summed E-state index contributed by atoms with van der Waals surface area (Å²) in [6.07, 6.45) is -4.67. The number of rotatable bonds is 3. The van der Waals surface area contributed by atoms with Crippen LogP contribution in [0.15, 0.2) is 42.5 Å². The minimum absolute atomic E-state index is 0.0844. The molecule has 120 valence electrons. The minimum atomic E-state index is -4.67. The SMILES string of the molecule is Cc1c(NC(=O)c2ccccc2C(F)(F)F)cccc1[N+](=O)[O-]. The maximum absolute atomic E-state index is 12.9. The average Bonchev–Trinajstić information content (AvgIpc) is 2.48. The molecule has 0 heterocycles. The third kappa shape index (κ3) is 3.47. The van der Waals surface area contributed by atoms with E-state index in [1.54, 1.807) is 0 Å². The molecule has 0 unspecified atom stereocenters. The second-order valence-corrected chi connectivity index (χ2v) is 4.70. The zero-order valence-corrected chi connectivity index (χ0v) is 11.8. The van der Waals surface area contributed by atoms with Gasteiger partial charge in [0.2, 0.25) is 0 Å². The molecule has 0 aromatic heterocycles. The van der Waals surface area contributed by atoms with Crippen LogP contribution in [0.5, 0.6) is 0 Å². The second kappa shape index (κ2) is 6.07. The van der Waals surface area contributed by atoms with Crippen LogP contribution in [0, 0.1) is 17.0 Å². The van der Waals surface area contributed by atoms with Crippen molar-refractivity contribution in [2.45, 2.75) is 13.1 Å². The zero-order valence-electron chi connectivity index (χ0n) is 11.8. The van der Waals surface area contributed by atoms with E-state index in [9.17, 15) is 28.1 Å². The van der Waals surface area contributed by atoms with Gasteiger partial charge in [-0.2, -0.15) is 13.2 Å². The number of anilines is 1. The van der Waals surface area contributed by atoms with Crippen LogP contribution in [-0.4, -0.2) is 10.8 Å². The molecule has 0 aliphatic carbocycles. The highest BCUT2D eigenvalue weighted by Gasteiger charge is 2.35. The number of carbonyl (C=O) groups excluding carboxylic acids is 1. The van der Waals surface area contributed by atoms with Crippen LogP contribution in [0.4, 0.5) is 24.5 Å². The lowest BCUT2D eigenvalue weighted by molar-refractivity contribution is -0.385. The average molecular weight is 324 g/mol. The third-order valence-electron chi connectivity index (χ3n) is 3.23. The Balaban J connectivity index is 2.38. The Kier molecular flexibility index (Phi) is 4.35. The smallest absolute Gasteiger partial charge is 0.321 e. The number of halogens is 3. The summed E-state index contributed by atoms with van der Waals surface area (Å²) in [4.78, 5) is 22.4. The Morgan fingerprint density at radius 3 is 2.39 bits per heavy atom. The molecule has 8 heteroatoms. The van der Waals surface area contributed by atoms with Gasteiger partial charge in [0.05, 0.1) is 27.3 Å². The molecule has 2 rings (SSSR count). The number of benzene rings is 2. The summed E-state index contributed by atoms with van der Waals surface area (Å²) in [5.74, 6) is -0.985. The lowest BCUT2D eigenvalue weighted by Crippen LogP contribution is -2.19. The van der Waals surface area contributed by atoms with Gasteiger partial charge in [-0.05, 0) is 25.1 Å². The zero-order chi connectivity index (χ0) is 17.2. The van der Waals surface area contributed by atoms with Crippen LogP contribution < -0.4 is 5.32 Å².